The fourth-order valence-electron chi connectivity index (χ4n) is 3.89. The van der Waals surface area contributed by atoms with Crippen LogP contribution in [0.1, 0.15) is 63.6 Å². The number of nitrogens with zero attached hydrogens (tertiary/aromatic N) is 1. The SMILES string of the molecule is C=C(/C=C1\Cc2c(C(C)C)ccc(C3=CCC(C)C=C3)c2N1C)C(C)C. The molecule has 1 aromatic carbocycles. The molecule has 0 amide bonds. The van der Waals surface area contributed by atoms with Crippen LogP contribution in [0.3, 0.4) is 0 Å². The number of rotatable bonds is 4. The van der Waals surface area contributed by atoms with E-state index in [4.69, 9.17) is 0 Å². The fraction of sp³-hybridized carbons (Fsp3) is 0.440. The van der Waals surface area contributed by atoms with Crippen LogP contribution in [0.15, 0.2) is 54.3 Å². The lowest BCUT2D eigenvalue weighted by atomic mass is 9.88. The van der Waals surface area contributed by atoms with E-state index in [2.05, 4.69) is 89.6 Å². The van der Waals surface area contributed by atoms with Crippen molar-refractivity contribution in [2.75, 3.05) is 11.9 Å². The van der Waals surface area contributed by atoms with E-state index in [9.17, 15) is 0 Å². The van der Waals surface area contributed by atoms with Crippen LogP contribution in [-0.4, -0.2) is 7.05 Å². The average molecular weight is 348 g/mol. The van der Waals surface area contributed by atoms with Crippen LogP contribution in [0.4, 0.5) is 5.69 Å². The summed E-state index contributed by atoms with van der Waals surface area (Å²) >= 11 is 0. The third kappa shape index (κ3) is 3.45. The molecule has 0 radical (unpaired) electrons. The lowest BCUT2D eigenvalue weighted by molar-refractivity contribution is 0.739. The van der Waals surface area contributed by atoms with Gasteiger partial charge in [-0.3, -0.25) is 0 Å². The highest BCUT2D eigenvalue weighted by atomic mass is 15.1. The Morgan fingerprint density at radius 3 is 2.54 bits per heavy atom. The van der Waals surface area contributed by atoms with Gasteiger partial charge in [0.2, 0.25) is 0 Å². The van der Waals surface area contributed by atoms with Crippen molar-refractivity contribution in [3.05, 3.63) is 71.0 Å². The summed E-state index contributed by atoms with van der Waals surface area (Å²) in [5, 5.41) is 0. The average Bonchev–Trinajstić information content (AvgIpc) is 2.91. The van der Waals surface area contributed by atoms with Gasteiger partial charge in [0, 0.05) is 24.7 Å². The first-order valence-corrected chi connectivity index (χ1v) is 9.97. The Morgan fingerprint density at radius 1 is 1.23 bits per heavy atom. The molecule has 1 heterocycles. The normalized spacial score (nSPS) is 20.9. The zero-order chi connectivity index (χ0) is 19.0. The number of anilines is 1. The highest BCUT2D eigenvalue weighted by Crippen LogP contribution is 2.44. The first kappa shape index (κ1) is 18.8. The van der Waals surface area contributed by atoms with E-state index in [1.54, 1.807) is 0 Å². The maximum atomic E-state index is 4.27. The van der Waals surface area contributed by atoms with Crippen LogP contribution in [-0.2, 0) is 6.42 Å². The topological polar surface area (TPSA) is 3.24 Å². The van der Waals surface area contributed by atoms with E-state index in [0.717, 1.165) is 12.8 Å². The molecule has 0 spiro atoms. The van der Waals surface area contributed by atoms with Gasteiger partial charge >= 0.3 is 0 Å². The highest BCUT2D eigenvalue weighted by Gasteiger charge is 2.28. The van der Waals surface area contributed by atoms with Crippen molar-refractivity contribution >= 4 is 11.3 Å². The molecule has 0 saturated carbocycles. The molecule has 0 fully saturated rings. The lowest BCUT2D eigenvalue weighted by Crippen LogP contribution is -2.13. The van der Waals surface area contributed by atoms with Gasteiger partial charge in [0.1, 0.15) is 0 Å². The Bertz CT molecular complexity index is 802. The summed E-state index contributed by atoms with van der Waals surface area (Å²) in [5.41, 5.74) is 9.67. The summed E-state index contributed by atoms with van der Waals surface area (Å²) in [5.74, 6) is 1.66. The predicted octanol–water partition coefficient (Wildman–Crippen LogP) is 6.88. The van der Waals surface area contributed by atoms with Crippen LogP contribution in [0.25, 0.3) is 5.57 Å². The molecule has 1 aliphatic heterocycles. The minimum Gasteiger partial charge on any atom is -0.347 e. The first-order valence-electron chi connectivity index (χ1n) is 9.97. The number of hydrogen-bond donors (Lipinski definition) is 0. The summed E-state index contributed by atoms with van der Waals surface area (Å²) in [4.78, 5) is 2.40. The number of hydrogen-bond acceptors (Lipinski definition) is 1. The van der Waals surface area contributed by atoms with Gasteiger partial charge in [-0.05, 0) is 47.0 Å². The van der Waals surface area contributed by atoms with Crippen molar-refractivity contribution in [2.45, 2.75) is 53.4 Å². The van der Waals surface area contributed by atoms with E-state index in [0.29, 0.717) is 17.8 Å². The van der Waals surface area contributed by atoms with Crippen LogP contribution in [0.2, 0.25) is 0 Å². The first-order chi connectivity index (χ1) is 12.3. The van der Waals surface area contributed by atoms with Gasteiger partial charge in [-0.25, -0.2) is 0 Å². The molecule has 26 heavy (non-hydrogen) atoms. The summed E-state index contributed by atoms with van der Waals surface area (Å²) in [6.45, 7) is 15.6. The van der Waals surface area contributed by atoms with Gasteiger partial charge in [-0.15, -0.1) is 0 Å². The summed E-state index contributed by atoms with van der Waals surface area (Å²) in [7, 11) is 2.22. The van der Waals surface area contributed by atoms with Crippen LogP contribution >= 0.6 is 0 Å². The van der Waals surface area contributed by atoms with Crippen molar-refractivity contribution in [3.63, 3.8) is 0 Å². The molecule has 1 atom stereocenters. The molecule has 0 bridgehead atoms. The van der Waals surface area contributed by atoms with Gasteiger partial charge in [0.25, 0.3) is 0 Å². The zero-order valence-electron chi connectivity index (χ0n) is 17.3. The smallest absolute Gasteiger partial charge is 0.0524 e. The van der Waals surface area contributed by atoms with Crippen molar-refractivity contribution in [1.29, 1.82) is 0 Å². The third-order valence-corrected chi connectivity index (χ3v) is 5.78. The predicted molar refractivity (Wildman–Crippen MR) is 116 cm³/mol. The Labute approximate surface area is 159 Å². The summed E-state index contributed by atoms with van der Waals surface area (Å²) in [6.07, 6.45) is 11.5. The minimum atomic E-state index is 0.481. The molecule has 1 aromatic rings. The molecule has 0 N–H and O–H groups in total. The van der Waals surface area contributed by atoms with Gasteiger partial charge in [0.05, 0.1) is 5.69 Å². The van der Waals surface area contributed by atoms with Crippen LogP contribution in [0.5, 0.6) is 0 Å². The van der Waals surface area contributed by atoms with Crippen LogP contribution in [0, 0.1) is 11.8 Å². The molecule has 1 heteroatoms. The minimum absolute atomic E-state index is 0.481. The van der Waals surface area contributed by atoms with Gasteiger partial charge in [-0.2, -0.15) is 0 Å². The molecular formula is C25H33N. The molecule has 0 aromatic heterocycles. The summed E-state index contributed by atoms with van der Waals surface area (Å²) in [6, 6.07) is 4.68. The second kappa shape index (κ2) is 7.31. The molecule has 0 saturated heterocycles. The number of fused-ring (bicyclic) bond motifs is 1. The summed E-state index contributed by atoms with van der Waals surface area (Å²) < 4.78 is 0. The Balaban J connectivity index is 2.10. The monoisotopic (exact) mass is 347 g/mol. The van der Waals surface area contributed by atoms with E-state index in [-0.39, 0.29) is 0 Å². The van der Waals surface area contributed by atoms with E-state index >= 15 is 0 Å². The van der Waals surface area contributed by atoms with E-state index in [1.165, 1.54) is 39.2 Å². The second-order valence-corrected chi connectivity index (χ2v) is 8.52. The highest BCUT2D eigenvalue weighted by molar-refractivity contribution is 5.88. The van der Waals surface area contributed by atoms with Gasteiger partial charge in [0.15, 0.2) is 0 Å². The van der Waals surface area contributed by atoms with E-state index < -0.39 is 0 Å². The third-order valence-electron chi connectivity index (χ3n) is 5.78. The van der Waals surface area contributed by atoms with Gasteiger partial charge in [-0.1, -0.05) is 77.1 Å². The number of likely N-dealkylation sites (N-methyl/N-ethyl adjacent to an activating group) is 1. The number of benzene rings is 1. The fourth-order valence-corrected chi connectivity index (χ4v) is 3.89. The molecule has 3 rings (SSSR count). The largest absolute Gasteiger partial charge is 0.347 e. The zero-order valence-corrected chi connectivity index (χ0v) is 17.3. The maximum absolute atomic E-state index is 4.27. The second-order valence-electron chi connectivity index (χ2n) is 8.52. The molecule has 1 aliphatic carbocycles. The quantitative estimate of drug-likeness (QED) is 0.574. The van der Waals surface area contributed by atoms with Gasteiger partial charge < -0.3 is 4.90 Å². The Hall–Kier alpha value is -2.02. The maximum Gasteiger partial charge on any atom is 0.0524 e. The van der Waals surface area contributed by atoms with Crippen molar-refractivity contribution in [1.82, 2.24) is 0 Å². The molecule has 1 nitrogen and oxygen atoms in total. The molecule has 2 aliphatic rings. The van der Waals surface area contributed by atoms with Crippen LogP contribution < -0.4 is 4.90 Å². The number of allylic oxidation sites excluding steroid dienone is 7. The molecular weight excluding hydrogens is 314 g/mol. The Kier molecular flexibility index (Phi) is 5.27. The Morgan fingerprint density at radius 2 is 1.96 bits per heavy atom. The standard InChI is InChI=1S/C25H33N/c1-16(2)19(6)14-21-15-24-22(17(3)4)12-13-23(25(24)26(21)7)20-10-8-18(5)9-11-20/h8,10-14,16-18H,6,9,15H2,1-5,7H3/b21-14+. The lowest BCUT2D eigenvalue weighted by Gasteiger charge is -2.23. The molecule has 138 valence electrons. The van der Waals surface area contributed by atoms with Crippen molar-refractivity contribution < 1.29 is 0 Å². The van der Waals surface area contributed by atoms with Crippen molar-refractivity contribution in [3.8, 4) is 0 Å². The molecule has 1 unspecified atom stereocenters. The van der Waals surface area contributed by atoms with E-state index in [1.807, 2.05) is 0 Å². The van der Waals surface area contributed by atoms with Crippen molar-refractivity contribution in [2.24, 2.45) is 11.8 Å².